The third-order valence-electron chi connectivity index (χ3n) is 5.57. The number of methoxy groups -OCH3 is 1. The second kappa shape index (κ2) is 10.7. The zero-order valence-corrected chi connectivity index (χ0v) is 19.8. The molecule has 0 radical (unpaired) electrons. The summed E-state index contributed by atoms with van der Waals surface area (Å²) in [6, 6.07) is 4.89. The van der Waals surface area contributed by atoms with Gasteiger partial charge in [0.15, 0.2) is 0 Å². The maximum atomic E-state index is 14.2. The average molecular weight is 490 g/mol. The van der Waals surface area contributed by atoms with Gasteiger partial charge in [-0.05, 0) is 29.8 Å². The molecule has 0 saturated carbocycles. The third-order valence-corrected chi connectivity index (χ3v) is 5.76. The Kier molecular flexibility index (Phi) is 7.95. The third kappa shape index (κ3) is 5.40. The van der Waals surface area contributed by atoms with E-state index < -0.39 is 17.9 Å². The quantitative estimate of drug-likeness (QED) is 0.493. The molecule has 2 aromatic heterocycles. The molecular weight excluding hydrogens is 465 g/mol. The molecule has 3 amide bonds. The second-order valence-electron chi connectivity index (χ2n) is 7.74. The Hall–Kier alpha value is -3.37. The van der Waals surface area contributed by atoms with Crippen LogP contribution in [0, 0.1) is 5.95 Å². The maximum Gasteiger partial charge on any atom is 0.269 e. The topological polar surface area (TPSA) is 105 Å². The van der Waals surface area contributed by atoms with Gasteiger partial charge in [-0.3, -0.25) is 14.4 Å². The number of hydrogen-bond acceptors (Lipinski definition) is 6. The van der Waals surface area contributed by atoms with Crippen LogP contribution in [0.3, 0.4) is 0 Å². The van der Waals surface area contributed by atoms with Crippen molar-refractivity contribution in [3.63, 3.8) is 0 Å². The van der Waals surface area contributed by atoms with Gasteiger partial charge < -0.3 is 19.9 Å². The van der Waals surface area contributed by atoms with E-state index in [9.17, 15) is 18.8 Å². The smallest absolute Gasteiger partial charge is 0.269 e. The molecule has 11 heteroatoms. The fourth-order valence-electron chi connectivity index (χ4n) is 3.99. The summed E-state index contributed by atoms with van der Waals surface area (Å²) in [5.41, 5.74) is 1.06. The van der Waals surface area contributed by atoms with Crippen molar-refractivity contribution in [1.82, 2.24) is 25.1 Å². The lowest BCUT2D eigenvalue weighted by molar-refractivity contribution is -0.144. The summed E-state index contributed by atoms with van der Waals surface area (Å²) in [5.74, 6) is -1.89. The molecule has 1 aliphatic heterocycles. The molecule has 3 heterocycles. The van der Waals surface area contributed by atoms with E-state index in [1.165, 1.54) is 33.2 Å². The van der Waals surface area contributed by atoms with E-state index >= 15 is 0 Å². The van der Waals surface area contributed by atoms with E-state index in [1.54, 1.807) is 21.9 Å². The molecule has 0 aliphatic carbocycles. The number of piperazine rings is 1. The summed E-state index contributed by atoms with van der Waals surface area (Å²) in [4.78, 5) is 48.2. The second-order valence-corrected chi connectivity index (χ2v) is 8.13. The standard InChI is InChI=1S/C23H25ClFN5O4/c1-5-22(32)30-11-19(29(13(2)31)10-16(30)12-34-4)15-7-17(27-20(24)8-15)14-6-18(23(33)26-3)28-21(25)9-14/h5-9,16,19H,1,10-12H2,2-4H3,(H,26,33)/t16-,19-/m1/s1. The number of pyridine rings is 2. The first-order chi connectivity index (χ1) is 16.2. The van der Waals surface area contributed by atoms with E-state index in [1.807, 2.05) is 0 Å². The fraction of sp³-hybridized carbons (Fsp3) is 0.348. The number of amides is 3. The van der Waals surface area contributed by atoms with E-state index in [0.29, 0.717) is 5.56 Å². The predicted octanol–water partition coefficient (Wildman–Crippen LogP) is 2.23. The van der Waals surface area contributed by atoms with Crippen LogP contribution in [0.4, 0.5) is 4.39 Å². The number of hydrogen-bond donors (Lipinski definition) is 1. The number of rotatable bonds is 6. The Bertz CT molecular complexity index is 1130. The Morgan fingerprint density at radius 2 is 1.97 bits per heavy atom. The van der Waals surface area contributed by atoms with Crippen molar-refractivity contribution < 1.29 is 23.5 Å². The summed E-state index contributed by atoms with van der Waals surface area (Å²) in [6.45, 7) is 5.68. The lowest BCUT2D eigenvalue weighted by atomic mass is 9.98. The van der Waals surface area contributed by atoms with Crippen LogP contribution in [0.5, 0.6) is 0 Å². The Balaban J connectivity index is 2.07. The minimum Gasteiger partial charge on any atom is -0.382 e. The SMILES string of the molecule is C=CC(=O)N1C[C@H](c2cc(Cl)nc(-c3cc(F)nc(C(=O)NC)c3)c2)N(C(C)=O)C[C@@H]1COC. The zero-order chi connectivity index (χ0) is 25.0. The molecular formula is C23H25ClFN5O4. The van der Waals surface area contributed by atoms with Gasteiger partial charge in [-0.1, -0.05) is 18.2 Å². The zero-order valence-electron chi connectivity index (χ0n) is 19.0. The van der Waals surface area contributed by atoms with Gasteiger partial charge in [0, 0.05) is 45.8 Å². The van der Waals surface area contributed by atoms with Gasteiger partial charge >= 0.3 is 0 Å². The van der Waals surface area contributed by atoms with Gasteiger partial charge in [-0.2, -0.15) is 4.39 Å². The van der Waals surface area contributed by atoms with Crippen molar-refractivity contribution in [3.05, 3.63) is 59.3 Å². The molecule has 180 valence electrons. The molecule has 0 aromatic carbocycles. The number of carbonyl (C=O) groups is 3. The van der Waals surface area contributed by atoms with Gasteiger partial charge in [0.1, 0.15) is 10.8 Å². The molecule has 3 rings (SSSR count). The van der Waals surface area contributed by atoms with E-state index in [4.69, 9.17) is 16.3 Å². The first-order valence-corrected chi connectivity index (χ1v) is 10.8. The summed E-state index contributed by atoms with van der Waals surface area (Å²) < 4.78 is 19.4. The molecule has 1 N–H and O–H groups in total. The maximum absolute atomic E-state index is 14.2. The monoisotopic (exact) mass is 489 g/mol. The minimum absolute atomic E-state index is 0.107. The highest BCUT2D eigenvalue weighted by atomic mass is 35.5. The molecule has 0 spiro atoms. The van der Waals surface area contributed by atoms with Crippen LogP contribution in [0.25, 0.3) is 11.3 Å². The van der Waals surface area contributed by atoms with Gasteiger partial charge in [0.2, 0.25) is 17.8 Å². The number of aromatic nitrogens is 2. The van der Waals surface area contributed by atoms with Crippen molar-refractivity contribution in [2.75, 3.05) is 33.9 Å². The van der Waals surface area contributed by atoms with Crippen LogP contribution in [-0.4, -0.2) is 77.4 Å². The molecule has 0 unspecified atom stereocenters. The van der Waals surface area contributed by atoms with Gasteiger partial charge in [-0.25, -0.2) is 9.97 Å². The van der Waals surface area contributed by atoms with E-state index in [-0.39, 0.29) is 59.7 Å². The van der Waals surface area contributed by atoms with Crippen LogP contribution in [0.1, 0.15) is 29.0 Å². The molecule has 1 fully saturated rings. The molecule has 0 bridgehead atoms. The molecule has 1 saturated heterocycles. The lowest BCUT2D eigenvalue weighted by Crippen LogP contribution is -2.58. The molecule has 2 aromatic rings. The van der Waals surface area contributed by atoms with Crippen molar-refractivity contribution in [1.29, 1.82) is 0 Å². The Labute approximate surface area is 201 Å². The van der Waals surface area contributed by atoms with Gasteiger partial charge in [0.25, 0.3) is 5.91 Å². The molecule has 9 nitrogen and oxygen atoms in total. The van der Waals surface area contributed by atoms with E-state index in [2.05, 4.69) is 21.9 Å². The normalized spacial score (nSPS) is 17.9. The Morgan fingerprint density at radius 1 is 1.24 bits per heavy atom. The number of halogens is 2. The van der Waals surface area contributed by atoms with Crippen LogP contribution in [0.2, 0.25) is 5.15 Å². The van der Waals surface area contributed by atoms with Crippen LogP contribution < -0.4 is 5.32 Å². The Morgan fingerprint density at radius 3 is 2.59 bits per heavy atom. The number of carbonyl (C=O) groups excluding carboxylic acids is 3. The summed E-state index contributed by atoms with van der Waals surface area (Å²) in [6.07, 6.45) is 1.22. The predicted molar refractivity (Wildman–Crippen MR) is 124 cm³/mol. The summed E-state index contributed by atoms with van der Waals surface area (Å²) in [7, 11) is 2.94. The largest absolute Gasteiger partial charge is 0.382 e. The minimum atomic E-state index is -0.854. The highest BCUT2D eigenvalue weighted by molar-refractivity contribution is 6.29. The first kappa shape index (κ1) is 25.3. The van der Waals surface area contributed by atoms with Gasteiger partial charge in [0.05, 0.1) is 24.4 Å². The number of nitrogens with zero attached hydrogens (tertiary/aromatic N) is 4. The highest BCUT2D eigenvalue weighted by Gasteiger charge is 2.38. The van der Waals surface area contributed by atoms with Crippen molar-refractivity contribution in [3.8, 4) is 11.3 Å². The average Bonchev–Trinajstić information content (AvgIpc) is 2.82. The lowest BCUT2D eigenvalue weighted by Gasteiger charge is -2.46. The molecule has 1 aliphatic rings. The van der Waals surface area contributed by atoms with Gasteiger partial charge in [-0.15, -0.1) is 0 Å². The van der Waals surface area contributed by atoms with Crippen LogP contribution in [0.15, 0.2) is 36.9 Å². The first-order valence-electron chi connectivity index (χ1n) is 10.4. The molecule has 2 atom stereocenters. The number of nitrogens with one attached hydrogen (secondary N) is 1. The van der Waals surface area contributed by atoms with Crippen molar-refractivity contribution in [2.24, 2.45) is 0 Å². The summed E-state index contributed by atoms with van der Waals surface area (Å²) in [5, 5.41) is 2.51. The number of ether oxygens (including phenoxy) is 1. The molecule has 34 heavy (non-hydrogen) atoms. The summed E-state index contributed by atoms with van der Waals surface area (Å²) >= 11 is 6.30. The van der Waals surface area contributed by atoms with Crippen LogP contribution >= 0.6 is 11.6 Å². The van der Waals surface area contributed by atoms with Crippen molar-refractivity contribution in [2.45, 2.75) is 19.0 Å². The van der Waals surface area contributed by atoms with Crippen LogP contribution in [-0.2, 0) is 14.3 Å². The van der Waals surface area contributed by atoms with Crippen molar-refractivity contribution >= 4 is 29.3 Å². The fourth-order valence-corrected chi connectivity index (χ4v) is 4.21. The highest BCUT2D eigenvalue weighted by Crippen LogP contribution is 2.32. The van der Waals surface area contributed by atoms with E-state index in [0.717, 1.165) is 6.07 Å².